The van der Waals surface area contributed by atoms with Crippen LogP contribution in [0.5, 0.6) is 0 Å². The van der Waals surface area contributed by atoms with Crippen LogP contribution in [0.3, 0.4) is 0 Å². The first kappa shape index (κ1) is 14.9. The fourth-order valence-electron chi connectivity index (χ4n) is 2.58. The Morgan fingerprint density at radius 3 is 2.60 bits per heavy atom. The van der Waals surface area contributed by atoms with Crippen LogP contribution in [-0.4, -0.2) is 26.1 Å². The van der Waals surface area contributed by atoms with Crippen molar-refractivity contribution in [3.63, 3.8) is 0 Å². The molecule has 7 heteroatoms. The molecule has 0 aliphatic rings. The Morgan fingerprint density at radius 2 is 1.88 bits per heavy atom. The van der Waals surface area contributed by atoms with Crippen molar-refractivity contribution in [2.24, 2.45) is 0 Å². The van der Waals surface area contributed by atoms with Gasteiger partial charge < -0.3 is 5.32 Å². The molecule has 1 aromatic carbocycles. The van der Waals surface area contributed by atoms with Crippen molar-refractivity contribution in [2.45, 2.75) is 0 Å². The van der Waals surface area contributed by atoms with Crippen LogP contribution < -0.4 is 5.32 Å². The Labute approximate surface area is 141 Å². The molecule has 0 spiro atoms. The van der Waals surface area contributed by atoms with Crippen LogP contribution in [0.4, 0.5) is 10.1 Å². The summed E-state index contributed by atoms with van der Waals surface area (Å²) >= 11 is 0. The van der Waals surface area contributed by atoms with Gasteiger partial charge in [-0.2, -0.15) is 5.10 Å². The molecular weight excluding hydrogens is 321 g/mol. The third-order valence-corrected chi connectivity index (χ3v) is 3.76. The zero-order chi connectivity index (χ0) is 17.2. The van der Waals surface area contributed by atoms with Crippen LogP contribution in [0.1, 0.15) is 10.5 Å². The second-order valence-electron chi connectivity index (χ2n) is 5.39. The Balaban J connectivity index is 1.77. The topological polar surface area (TPSA) is 83.6 Å². The molecule has 0 atom stereocenters. The highest BCUT2D eigenvalue weighted by Crippen LogP contribution is 2.28. The van der Waals surface area contributed by atoms with Crippen molar-refractivity contribution in [1.29, 1.82) is 0 Å². The number of aromatic nitrogens is 4. The molecule has 6 nitrogen and oxygen atoms in total. The first-order chi connectivity index (χ1) is 12.2. The summed E-state index contributed by atoms with van der Waals surface area (Å²) in [5.74, 6) is -0.814. The molecule has 4 aromatic rings. The van der Waals surface area contributed by atoms with Crippen molar-refractivity contribution >= 4 is 22.5 Å². The zero-order valence-electron chi connectivity index (χ0n) is 12.9. The Kier molecular flexibility index (Phi) is 3.66. The van der Waals surface area contributed by atoms with E-state index in [4.69, 9.17) is 0 Å². The van der Waals surface area contributed by atoms with E-state index in [2.05, 4.69) is 25.5 Å². The van der Waals surface area contributed by atoms with Crippen molar-refractivity contribution in [3.8, 4) is 11.1 Å². The van der Waals surface area contributed by atoms with Crippen LogP contribution in [-0.2, 0) is 0 Å². The van der Waals surface area contributed by atoms with Gasteiger partial charge in [-0.25, -0.2) is 4.39 Å². The predicted molar refractivity (Wildman–Crippen MR) is 91.5 cm³/mol. The molecule has 0 aliphatic carbocycles. The molecule has 3 heterocycles. The molecule has 0 saturated carbocycles. The van der Waals surface area contributed by atoms with Crippen molar-refractivity contribution in [3.05, 3.63) is 72.7 Å². The summed E-state index contributed by atoms with van der Waals surface area (Å²) in [7, 11) is 0. The molecule has 25 heavy (non-hydrogen) atoms. The monoisotopic (exact) mass is 333 g/mol. The van der Waals surface area contributed by atoms with E-state index in [0.717, 1.165) is 0 Å². The summed E-state index contributed by atoms with van der Waals surface area (Å²) in [6.45, 7) is 0. The number of amides is 1. The minimum absolute atomic E-state index is 0.184. The van der Waals surface area contributed by atoms with E-state index < -0.39 is 11.7 Å². The standard InChI is InChI=1S/C18H12FN5O/c19-15-8-16-14(7-13(15)11-3-1-5-20-9-11)17(24-23-16)18(25)22-12-4-2-6-21-10-12/h1-10H,(H,22,25)(H,23,24). The molecule has 0 fully saturated rings. The number of carbonyl (C=O) groups is 1. The van der Waals surface area contributed by atoms with Crippen LogP contribution in [0.2, 0.25) is 0 Å². The minimum atomic E-state index is -0.414. The van der Waals surface area contributed by atoms with Crippen LogP contribution in [0.25, 0.3) is 22.0 Å². The van der Waals surface area contributed by atoms with Gasteiger partial charge in [-0.3, -0.25) is 19.9 Å². The number of fused-ring (bicyclic) bond motifs is 1. The van der Waals surface area contributed by atoms with Gasteiger partial charge in [0.05, 0.1) is 17.4 Å². The number of benzene rings is 1. The number of hydrogen-bond donors (Lipinski definition) is 2. The zero-order valence-corrected chi connectivity index (χ0v) is 12.9. The van der Waals surface area contributed by atoms with E-state index in [1.807, 2.05) is 0 Å². The van der Waals surface area contributed by atoms with Crippen molar-refractivity contribution in [1.82, 2.24) is 20.2 Å². The second kappa shape index (κ2) is 6.12. The molecule has 4 rings (SSSR count). The molecule has 0 radical (unpaired) electrons. The van der Waals surface area contributed by atoms with E-state index in [1.54, 1.807) is 48.9 Å². The average molecular weight is 333 g/mol. The smallest absolute Gasteiger partial charge is 0.276 e. The Morgan fingerprint density at radius 1 is 1.08 bits per heavy atom. The molecule has 3 aromatic heterocycles. The molecule has 0 saturated heterocycles. The summed E-state index contributed by atoms with van der Waals surface area (Å²) in [4.78, 5) is 20.4. The van der Waals surface area contributed by atoms with Gasteiger partial charge in [0, 0.05) is 41.2 Å². The molecule has 122 valence electrons. The van der Waals surface area contributed by atoms with Crippen LogP contribution >= 0.6 is 0 Å². The number of hydrogen-bond acceptors (Lipinski definition) is 4. The highest BCUT2D eigenvalue weighted by Gasteiger charge is 2.17. The summed E-state index contributed by atoms with van der Waals surface area (Å²) in [5, 5.41) is 9.97. The van der Waals surface area contributed by atoms with Crippen molar-refractivity contribution in [2.75, 3.05) is 5.32 Å². The van der Waals surface area contributed by atoms with E-state index in [9.17, 15) is 9.18 Å². The lowest BCUT2D eigenvalue weighted by molar-refractivity contribution is 0.102. The predicted octanol–water partition coefficient (Wildman–Crippen LogP) is 3.41. The van der Waals surface area contributed by atoms with Gasteiger partial charge in [0.1, 0.15) is 5.82 Å². The number of pyridine rings is 2. The fraction of sp³-hybridized carbons (Fsp3) is 0. The number of halogens is 1. The number of aromatic amines is 1. The van der Waals surface area contributed by atoms with Gasteiger partial charge in [-0.1, -0.05) is 6.07 Å². The van der Waals surface area contributed by atoms with E-state index in [0.29, 0.717) is 27.7 Å². The second-order valence-corrected chi connectivity index (χ2v) is 5.39. The van der Waals surface area contributed by atoms with E-state index in [-0.39, 0.29) is 5.69 Å². The van der Waals surface area contributed by atoms with E-state index >= 15 is 0 Å². The number of carbonyl (C=O) groups excluding carboxylic acids is 1. The molecule has 2 N–H and O–H groups in total. The Hall–Kier alpha value is -3.61. The van der Waals surface area contributed by atoms with Gasteiger partial charge in [-0.15, -0.1) is 0 Å². The fourth-order valence-corrected chi connectivity index (χ4v) is 2.58. The number of nitrogens with one attached hydrogen (secondary N) is 2. The Bertz CT molecular complexity index is 1050. The average Bonchev–Trinajstić information content (AvgIpc) is 3.05. The summed E-state index contributed by atoms with van der Waals surface area (Å²) < 4.78 is 14.4. The molecule has 0 aliphatic heterocycles. The maximum atomic E-state index is 14.4. The van der Waals surface area contributed by atoms with Crippen molar-refractivity contribution < 1.29 is 9.18 Å². The maximum Gasteiger partial charge on any atom is 0.276 e. The lowest BCUT2D eigenvalue weighted by Gasteiger charge is -2.05. The highest BCUT2D eigenvalue weighted by molar-refractivity contribution is 6.11. The number of anilines is 1. The third kappa shape index (κ3) is 2.83. The van der Waals surface area contributed by atoms with Gasteiger partial charge in [0.2, 0.25) is 0 Å². The van der Waals surface area contributed by atoms with Gasteiger partial charge in [0.25, 0.3) is 5.91 Å². The largest absolute Gasteiger partial charge is 0.319 e. The molecule has 0 unspecified atom stereocenters. The quantitative estimate of drug-likeness (QED) is 0.602. The number of rotatable bonds is 3. The van der Waals surface area contributed by atoms with Crippen LogP contribution in [0, 0.1) is 5.82 Å². The number of nitrogens with zero attached hydrogens (tertiary/aromatic N) is 3. The minimum Gasteiger partial charge on any atom is -0.319 e. The maximum absolute atomic E-state index is 14.4. The molecule has 0 bridgehead atoms. The van der Waals surface area contributed by atoms with Gasteiger partial charge >= 0.3 is 0 Å². The first-order valence-electron chi connectivity index (χ1n) is 7.52. The lowest BCUT2D eigenvalue weighted by atomic mass is 10.0. The highest BCUT2D eigenvalue weighted by atomic mass is 19.1. The molecule has 1 amide bonds. The summed E-state index contributed by atoms with van der Waals surface area (Å²) in [6, 6.07) is 9.85. The normalized spacial score (nSPS) is 10.8. The van der Waals surface area contributed by atoms with Crippen LogP contribution in [0.15, 0.2) is 61.2 Å². The lowest BCUT2D eigenvalue weighted by Crippen LogP contribution is -2.12. The van der Waals surface area contributed by atoms with E-state index in [1.165, 1.54) is 12.3 Å². The SMILES string of the molecule is O=C(Nc1cccnc1)c1n[nH]c2cc(F)c(-c3cccnc3)cc12. The van der Waals surface area contributed by atoms with Gasteiger partial charge in [0.15, 0.2) is 5.69 Å². The summed E-state index contributed by atoms with van der Waals surface area (Å²) in [5.41, 5.74) is 2.17. The van der Waals surface area contributed by atoms with Gasteiger partial charge in [-0.05, 0) is 24.3 Å². The first-order valence-corrected chi connectivity index (χ1v) is 7.52. The third-order valence-electron chi connectivity index (χ3n) is 3.76. The molecular formula is C18H12FN5O. The number of H-pyrrole nitrogens is 1. The summed E-state index contributed by atoms with van der Waals surface area (Å²) in [6.07, 6.45) is 6.33.